The molecule has 0 aliphatic heterocycles. The van der Waals surface area contributed by atoms with E-state index in [9.17, 15) is 0 Å². The van der Waals surface area contributed by atoms with Crippen LogP contribution in [0, 0.1) is 0 Å². The van der Waals surface area contributed by atoms with E-state index in [0.29, 0.717) is 0 Å². The Morgan fingerprint density at radius 2 is 2.06 bits per heavy atom. The lowest BCUT2D eigenvalue weighted by Gasteiger charge is -2.05. The van der Waals surface area contributed by atoms with Crippen molar-refractivity contribution in [2.45, 2.75) is 33.4 Å². The second kappa shape index (κ2) is 5.17. The second-order valence-corrected chi connectivity index (χ2v) is 4.18. The van der Waals surface area contributed by atoms with E-state index in [1.807, 2.05) is 0 Å². The summed E-state index contributed by atoms with van der Waals surface area (Å²) in [6.45, 7) is 7.44. The van der Waals surface area contributed by atoms with Crippen molar-refractivity contribution in [1.82, 2.24) is 9.88 Å². The van der Waals surface area contributed by atoms with Gasteiger partial charge >= 0.3 is 0 Å². The molecule has 2 rings (SSSR count). The van der Waals surface area contributed by atoms with Gasteiger partial charge in [0.15, 0.2) is 0 Å². The van der Waals surface area contributed by atoms with Crippen LogP contribution >= 0.6 is 0 Å². The Balaban J connectivity index is 2.26. The summed E-state index contributed by atoms with van der Waals surface area (Å²) in [5.74, 6) is 0. The number of rotatable bonds is 5. The lowest BCUT2D eigenvalue weighted by atomic mass is 10.1. The standard InChI is InChI=1S/C14H20N2/c1-3-8-16-9-7-13-10-12(11-15-4-2)5-6-14(13)16/h5-7,9-10,15H,3-4,8,11H2,1-2H3. The van der Waals surface area contributed by atoms with E-state index in [1.165, 1.54) is 22.9 Å². The highest BCUT2D eigenvalue weighted by molar-refractivity contribution is 5.80. The molecule has 0 saturated carbocycles. The number of hydrogen-bond acceptors (Lipinski definition) is 1. The van der Waals surface area contributed by atoms with E-state index in [1.54, 1.807) is 0 Å². The van der Waals surface area contributed by atoms with Crippen LogP contribution in [-0.2, 0) is 13.1 Å². The Hall–Kier alpha value is -1.28. The molecular formula is C14H20N2. The van der Waals surface area contributed by atoms with Crippen LogP contribution in [0.2, 0.25) is 0 Å². The number of hydrogen-bond donors (Lipinski definition) is 1. The average Bonchev–Trinajstić information content (AvgIpc) is 2.70. The summed E-state index contributed by atoms with van der Waals surface area (Å²) >= 11 is 0. The van der Waals surface area contributed by atoms with Gasteiger partial charge in [0.25, 0.3) is 0 Å². The molecule has 0 fully saturated rings. The molecule has 0 aliphatic rings. The molecule has 1 aromatic heterocycles. The lowest BCUT2D eigenvalue weighted by molar-refractivity contribution is 0.703. The van der Waals surface area contributed by atoms with Crippen molar-refractivity contribution in [3.63, 3.8) is 0 Å². The number of nitrogens with one attached hydrogen (secondary N) is 1. The molecule has 86 valence electrons. The first-order valence-corrected chi connectivity index (χ1v) is 6.13. The Labute approximate surface area is 97.3 Å². The molecule has 2 heteroatoms. The minimum absolute atomic E-state index is 0.964. The zero-order chi connectivity index (χ0) is 11.4. The summed E-state index contributed by atoms with van der Waals surface area (Å²) in [7, 11) is 0. The largest absolute Gasteiger partial charge is 0.347 e. The quantitative estimate of drug-likeness (QED) is 0.812. The Morgan fingerprint density at radius 1 is 1.19 bits per heavy atom. The predicted octanol–water partition coefficient (Wildman–Crippen LogP) is 3.16. The smallest absolute Gasteiger partial charge is 0.0480 e. The number of benzene rings is 1. The van der Waals surface area contributed by atoms with Gasteiger partial charge in [0.05, 0.1) is 0 Å². The monoisotopic (exact) mass is 216 g/mol. The van der Waals surface area contributed by atoms with Crippen molar-refractivity contribution >= 4 is 10.9 Å². The zero-order valence-electron chi connectivity index (χ0n) is 10.2. The molecule has 2 nitrogen and oxygen atoms in total. The Morgan fingerprint density at radius 3 is 2.81 bits per heavy atom. The van der Waals surface area contributed by atoms with E-state index in [0.717, 1.165) is 19.6 Å². The van der Waals surface area contributed by atoms with Crippen molar-refractivity contribution < 1.29 is 0 Å². The molecule has 0 spiro atoms. The normalized spacial score (nSPS) is 11.1. The Bertz CT molecular complexity index is 457. The first kappa shape index (κ1) is 11.2. The molecule has 0 saturated heterocycles. The summed E-state index contributed by atoms with van der Waals surface area (Å²) in [6, 6.07) is 8.94. The van der Waals surface area contributed by atoms with Crippen LogP contribution in [0.5, 0.6) is 0 Å². The van der Waals surface area contributed by atoms with Crippen LogP contribution in [0.1, 0.15) is 25.8 Å². The van der Waals surface area contributed by atoms with E-state index < -0.39 is 0 Å². The van der Waals surface area contributed by atoms with E-state index in [2.05, 4.69) is 54.2 Å². The van der Waals surface area contributed by atoms with Crippen LogP contribution in [-0.4, -0.2) is 11.1 Å². The molecule has 1 N–H and O–H groups in total. The highest BCUT2D eigenvalue weighted by Gasteiger charge is 2.01. The average molecular weight is 216 g/mol. The minimum atomic E-state index is 0.964. The van der Waals surface area contributed by atoms with E-state index in [4.69, 9.17) is 0 Å². The van der Waals surface area contributed by atoms with Gasteiger partial charge in [-0.25, -0.2) is 0 Å². The van der Waals surface area contributed by atoms with Gasteiger partial charge in [0, 0.05) is 24.8 Å². The van der Waals surface area contributed by atoms with E-state index in [-0.39, 0.29) is 0 Å². The molecule has 0 unspecified atom stereocenters. The first-order chi connectivity index (χ1) is 7.85. The van der Waals surface area contributed by atoms with Gasteiger partial charge in [-0.15, -0.1) is 0 Å². The fraction of sp³-hybridized carbons (Fsp3) is 0.429. The molecule has 16 heavy (non-hydrogen) atoms. The topological polar surface area (TPSA) is 17.0 Å². The van der Waals surface area contributed by atoms with Gasteiger partial charge in [-0.2, -0.15) is 0 Å². The van der Waals surface area contributed by atoms with Crippen molar-refractivity contribution in [2.75, 3.05) is 6.54 Å². The summed E-state index contributed by atoms with van der Waals surface area (Å²) in [5, 5.41) is 4.71. The molecule has 0 aliphatic carbocycles. The summed E-state index contributed by atoms with van der Waals surface area (Å²) in [6.07, 6.45) is 3.37. The van der Waals surface area contributed by atoms with Gasteiger partial charge in [-0.1, -0.05) is 19.9 Å². The van der Waals surface area contributed by atoms with Crippen molar-refractivity contribution in [2.24, 2.45) is 0 Å². The molecule has 2 aromatic rings. The number of aromatic nitrogens is 1. The fourth-order valence-electron chi connectivity index (χ4n) is 2.06. The van der Waals surface area contributed by atoms with Crippen LogP contribution in [0.25, 0.3) is 10.9 Å². The lowest BCUT2D eigenvalue weighted by Crippen LogP contribution is -2.11. The van der Waals surface area contributed by atoms with Crippen LogP contribution in [0.3, 0.4) is 0 Å². The summed E-state index contributed by atoms with van der Waals surface area (Å²) in [4.78, 5) is 0. The minimum Gasteiger partial charge on any atom is -0.347 e. The zero-order valence-corrected chi connectivity index (χ0v) is 10.2. The molecule has 0 atom stereocenters. The number of nitrogens with zero attached hydrogens (tertiary/aromatic N) is 1. The van der Waals surface area contributed by atoms with Gasteiger partial charge < -0.3 is 9.88 Å². The molecule has 0 amide bonds. The molecule has 1 heterocycles. The summed E-state index contributed by atoms with van der Waals surface area (Å²) in [5.41, 5.74) is 2.71. The van der Waals surface area contributed by atoms with Crippen LogP contribution in [0.15, 0.2) is 30.5 Å². The van der Waals surface area contributed by atoms with Crippen molar-refractivity contribution in [3.8, 4) is 0 Å². The Kier molecular flexibility index (Phi) is 3.62. The number of aryl methyl sites for hydroxylation is 1. The van der Waals surface area contributed by atoms with E-state index >= 15 is 0 Å². The summed E-state index contributed by atoms with van der Waals surface area (Å²) < 4.78 is 2.33. The fourth-order valence-corrected chi connectivity index (χ4v) is 2.06. The molecular weight excluding hydrogens is 196 g/mol. The third kappa shape index (κ3) is 2.27. The van der Waals surface area contributed by atoms with Gasteiger partial charge in [0.2, 0.25) is 0 Å². The maximum absolute atomic E-state index is 3.35. The highest BCUT2D eigenvalue weighted by Crippen LogP contribution is 2.18. The molecule has 0 bridgehead atoms. The first-order valence-electron chi connectivity index (χ1n) is 6.13. The van der Waals surface area contributed by atoms with Crippen molar-refractivity contribution in [3.05, 3.63) is 36.0 Å². The second-order valence-electron chi connectivity index (χ2n) is 4.18. The predicted molar refractivity (Wildman–Crippen MR) is 69.6 cm³/mol. The SMILES string of the molecule is CCCn1ccc2cc(CNCC)ccc21. The maximum atomic E-state index is 3.35. The highest BCUT2D eigenvalue weighted by atomic mass is 14.9. The van der Waals surface area contributed by atoms with Gasteiger partial charge in [0.1, 0.15) is 0 Å². The van der Waals surface area contributed by atoms with Crippen molar-refractivity contribution in [1.29, 1.82) is 0 Å². The third-order valence-corrected chi connectivity index (χ3v) is 2.88. The third-order valence-electron chi connectivity index (χ3n) is 2.88. The van der Waals surface area contributed by atoms with Crippen LogP contribution < -0.4 is 5.32 Å². The number of fused-ring (bicyclic) bond motifs is 1. The maximum Gasteiger partial charge on any atom is 0.0480 e. The van der Waals surface area contributed by atoms with Gasteiger partial charge in [-0.05, 0) is 42.1 Å². The van der Waals surface area contributed by atoms with Crippen LogP contribution in [0.4, 0.5) is 0 Å². The van der Waals surface area contributed by atoms with Gasteiger partial charge in [-0.3, -0.25) is 0 Å². The molecule has 1 aromatic carbocycles. The molecule has 0 radical (unpaired) electrons.